The summed E-state index contributed by atoms with van der Waals surface area (Å²) in [5, 5.41) is 0. The normalized spacial score (nSPS) is 21.8. The number of piperidine rings is 1. The van der Waals surface area contributed by atoms with E-state index < -0.39 is 0 Å². The summed E-state index contributed by atoms with van der Waals surface area (Å²) < 4.78 is 6.07. The molecule has 0 radical (unpaired) electrons. The molecule has 35 heavy (non-hydrogen) atoms. The van der Waals surface area contributed by atoms with Gasteiger partial charge in [-0.2, -0.15) is 0 Å². The monoisotopic (exact) mass is 480 g/mol. The van der Waals surface area contributed by atoms with Gasteiger partial charge in [0.25, 0.3) is 0 Å². The Hall–Kier alpha value is -2.73. The van der Waals surface area contributed by atoms with Crippen LogP contribution in [-0.4, -0.2) is 62.7 Å². The van der Waals surface area contributed by atoms with Crippen molar-refractivity contribution in [2.24, 2.45) is 5.73 Å². The minimum Gasteiger partial charge on any atom is -0.488 e. The standard InChI is InChI=1S/C28H41N3O.CH3NO/c1-7-8-11-22(21(2)32-28(3,4)5)12-10-16-30-17-15-25-24(20-30)23-13-9-14-26-27(23)31(25)19-18-29(26)6;2-1-3/h7-9,11,13-14,24-25H,2,10,12,15-20H2,1,3-6H3;1H,(H2,2,3)/b8-7-,22-11-;. The van der Waals surface area contributed by atoms with E-state index in [0.717, 1.165) is 38.2 Å². The molecule has 1 amide bonds. The number of benzene rings is 1. The molecule has 0 aromatic heterocycles. The SMILES string of the molecule is C=C(OC(C)(C)C)/C(=C\C=C/C)CCCN1CCC2C(C1)c1cccc3c1N2CCN3C.NC=O. The van der Waals surface area contributed by atoms with Crippen molar-refractivity contribution in [3.63, 3.8) is 0 Å². The molecule has 1 fully saturated rings. The van der Waals surface area contributed by atoms with Gasteiger partial charge in [0.1, 0.15) is 11.4 Å². The van der Waals surface area contributed by atoms with Crippen molar-refractivity contribution in [3.05, 3.63) is 59.9 Å². The van der Waals surface area contributed by atoms with Gasteiger partial charge in [-0.1, -0.05) is 36.9 Å². The zero-order valence-corrected chi connectivity index (χ0v) is 22.3. The number of allylic oxidation sites excluding steroid dienone is 4. The number of para-hydroxylation sites is 1. The number of ether oxygens (including phenoxy) is 1. The third kappa shape index (κ3) is 6.49. The van der Waals surface area contributed by atoms with Crippen molar-refractivity contribution in [2.75, 3.05) is 49.6 Å². The van der Waals surface area contributed by atoms with Gasteiger partial charge in [-0.25, -0.2) is 0 Å². The number of hydrogen-bond donors (Lipinski definition) is 1. The van der Waals surface area contributed by atoms with Gasteiger partial charge in [0.05, 0.1) is 11.4 Å². The fraction of sp³-hybridized carbons (Fsp3) is 0.552. The van der Waals surface area contributed by atoms with Gasteiger partial charge < -0.3 is 25.2 Å². The van der Waals surface area contributed by atoms with Crippen LogP contribution in [0.15, 0.2) is 54.3 Å². The number of nitrogens with two attached hydrogens (primary N) is 1. The van der Waals surface area contributed by atoms with Gasteiger partial charge in [-0.05, 0) is 70.7 Å². The minimum atomic E-state index is -0.216. The maximum absolute atomic E-state index is 8.58. The predicted molar refractivity (Wildman–Crippen MR) is 147 cm³/mol. The first kappa shape index (κ1) is 26.9. The molecule has 6 nitrogen and oxygen atoms in total. The number of likely N-dealkylation sites (N-methyl/N-ethyl adjacent to an activating group) is 1. The lowest BCUT2D eigenvalue weighted by Gasteiger charge is -2.41. The molecule has 192 valence electrons. The number of amides is 1. The molecule has 6 heteroatoms. The number of primary amides is 1. The maximum atomic E-state index is 8.58. The van der Waals surface area contributed by atoms with Crippen LogP contribution in [0.2, 0.25) is 0 Å². The molecule has 4 rings (SSSR count). The molecule has 0 spiro atoms. The van der Waals surface area contributed by atoms with Gasteiger partial charge in [0.15, 0.2) is 0 Å². The molecule has 2 atom stereocenters. The van der Waals surface area contributed by atoms with Crippen molar-refractivity contribution in [1.29, 1.82) is 0 Å². The molecule has 3 aliphatic heterocycles. The van der Waals surface area contributed by atoms with Crippen LogP contribution in [0.25, 0.3) is 0 Å². The second-order valence-corrected chi connectivity index (χ2v) is 10.7. The number of anilines is 2. The van der Waals surface area contributed by atoms with Crippen LogP contribution in [0.1, 0.15) is 58.4 Å². The lowest BCUT2D eigenvalue weighted by atomic mass is 9.89. The summed E-state index contributed by atoms with van der Waals surface area (Å²) in [6, 6.07) is 7.62. The van der Waals surface area contributed by atoms with Crippen LogP contribution < -0.4 is 15.5 Å². The number of hydrogen-bond acceptors (Lipinski definition) is 5. The Morgan fingerprint density at radius 2 is 2.00 bits per heavy atom. The Bertz CT molecular complexity index is 946. The summed E-state index contributed by atoms with van der Waals surface area (Å²) in [6.45, 7) is 18.3. The summed E-state index contributed by atoms with van der Waals surface area (Å²) >= 11 is 0. The third-order valence-electron chi connectivity index (χ3n) is 7.08. The van der Waals surface area contributed by atoms with Gasteiger partial charge in [-0.3, -0.25) is 4.79 Å². The highest BCUT2D eigenvalue weighted by atomic mass is 16.5. The van der Waals surface area contributed by atoms with E-state index in [2.05, 4.69) is 98.2 Å². The summed E-state index contributed by atoms with van der Waals surface area (Å²) in [5.41, 5.74) is 9.68. The first-order valence-corrected chi connectivity index (χ1v) is 12.9. The summed E-state index contributed by atoms with van der Waals surface area (Å²) in [5.74, 6) is 1.45. The third-order valence-corrected chi connectivity index (χ3v) is 7.08. The van der Waals surface area contributed by atoms with Gasteiger partial charge in [-0.15, -0.1) is 0 Å². The number of carbonyl (C=O) groups is 1. The number of rotatable bonds is 7. The zero-order chi connectivity index (χ0) is 25.6. The number of likely N-dealkylation sites (tertiary alicyclic amines) is 1. The number of fused-ring (bicyclic) bond motifs is 3. The topological polar surface area (TPSA) is 62.0 Å². The van der Waals surface area contributed by atoms with Crippen LogP contribution in [-0.2, 0) is 9.53 Å². The summed E-state index contributed by atoms with van der Waals surface area (Å²) in [7, 11) is 2.23. The quantitative estimate of drug-likeness (QED) is 0.344. The first-order valence-electron chi connectivity index (χ1n) is 12.9. The van der Waals surface area contributed by atoms with Gasteiger partial charge >= 0.3 is 0 Å². The van der Waals surface area contributed by atoms with Crippen molar-refractivity contribution < 1.29 is 9.53 Å². The smallest absolute Gasteiger partial charge is 0.204 e. The molecule has 0 bridgehead atoms. The molecule has 1 aromatic carbocycles. The molecular formula is C29H44N4O2. The molecule has 0 aliphatic carbocycles. The summed E-state index contributed by atoms with van der Waals surface area (Å²) in [4.78, 5) is 16.4. The van der Waals surface area contributed by atoms with Crippen LogP contribution >= 0.6 is 0 Å². The largest absolute Gasteiger partial charge is 0.488 e. The Labute approximate surface area is 212 Å². The maximum Gasteiger partial charge on any atom is 0.204 e. The van der Waals surface area contributed by atoms with Crippen molar-refractivity contribution >= 4 is 17.8 Å². The molecule has 1 aromatic rings. The molecule has 0 saturated carbocycles. The van der Waals surface area contributed by atoms with Crippen LogP contribution in [0.5, 0.6) is 0 Å². The first-order chi connectivity index (χ1) is 16.7. The van der Waals surface area contributed by atoms with E-state index >= 15 is 0 Å². The fourth-order valence-corrected chi connectivity index (χ4v) is 5.64. The van der Waals surface area contributed by atoms with Crippen molar-refractivity contribution in [1.82, 2.24) is 4.90 Å². The van der Waals surface area contributed by atoms with Gasteiger partial charge in [0, 0.05) is 45.2 Å². The van der Waals surface area contributed by atoms with E-state index in [0.29, 0.717) is 12.0 Å². The lowest BCUT2D eigenvalue weighted by molar-refractivity contribution is -0.106. The zero-order valence-electron chi connectivity index (χ0n) is 22.3. The minimum absolute atomic E-state index is 0.216. The van der Waals surface area contributed by atoms with E-state index in [1.807, 2.05) is 0 Å². The van der Waals surface area contributed by atoms with E-state index in [4.69, 9.17) is 9.53 Å². The van der Waals surface area contributed by atoms with Crippen LogP contribution in [0.3, 0.4) is 0 Å². The molecule has 3 heterocycles. The number of nitrogens with zero attached hydrogens (tertiary/aromatic N) is 3. The Kier molecular flexibility index (Phi) is 9.06. The van der Waals surface area contributed by atoms with E-state index in [9.17, 15) is 0 Å². The molecule has 2 unspecified atom stereocenters. The Balaban J connectivity index is 0.00000108. The summed E-state index contributed by atoms with van der Waals surface area (Å²) in [6.07, 6.45) is 9.98. The predicted octanol–water partition coefficient (Wildman–Crippen LogP) is 4.83. The highest BCUT2D eigenvalue weighted by Crippen LogP contribution is 2.50. The van der Waals surface area contributed by atoms with Crippen LogP contribution in [0, 0.1) is 0 Å². The second-order valence-electron chi connectivity index (χ2n) is 10.7. The average Bonchev–Trinajstić information content (AvgIpc) is 3.12. The average molecular weight is 481 g/mol. The molecular weight excluding hydrogens is 436 g/mol. The Morgan fingerprint density at radius 1 is 1.26 bits per heavy atom. The van der Waals surface area contributed by atoms with Crippen LogP contribution in [0.4, 0.5) is 11.4 Å². The molecule has 3 aliphatic rings. The van der Waals surface area contributed by atoms with Crippen molar-refractivity contribution in [3.8, 4) is 0 Å². The van der Waals surface area contributed by atoms with Crippen molar-refractivity contribution in [2.45, 2.75) is 64.5 Å². The number of carbonyl (C=O) groups excluding carboxylic acids is 1. The Morgan fingerprint density at radius 3 is 2.69 bits per heavy atom. The van der Waals surface area contributed by atoms with E-state index in [-0.39, 0.29) is 12.0 Å². The second kappa shape index (κ2) is 11.8. The molecule has 2 N–H and O–H groups in total. The van der Waals surface area contributed by atoms with Gasteiger partial charge in [0.2, 0.25) is 6.41 Å². The van der Waals surface area contributed by atoms with E-state index in [1.54, 1.807) is 5.56 Å². The lowest BCUT2D eigenvalue weighted by Crippen LogP contribution is -2.49. The molecule has 1 saturated heterocycles. The highest BCUT2D eigenvalue weighted by Gasteiger charge is 2.44. The fourth-order valence-electron chi connectivity index (χ4n) is 5.64. The highest BCUT2D eigenvalue weighted by molar-refractivity contribution is 5.80. The van der Waals surface area contributed by atoms with E-state index in [1.165, 1.54) is 36.5 Å².